The molecule has 5 N–H and O–H groups in total. The molecule has 31 heavy (non-hydrogen) atoms. The van der Waals surface area contributed by atoms with Crippen LogP contribution in [0.5, 0.6) is 0 Å². The fourth-order valence-electron chi connectivity index (χ4n) is 4.70. The molecule has 8 heteroatoms. The van der Waals surface area contributed by atoms with E-state index in [4.69, 9.17) is 15.0 Å². The van der Waals surface area contributed by atoms with Crippen LogP contribution in [0, 0.1) is 0 Å². The molecule has 2 aromatic heterocycles. The molecule has 2 aliphatic carbocycles. The lowest BCUT2D eigenvalue weighted by Crippen LogP contribution is -2.29. The summed E-state index contributed by atoms with van der Waals surface area (Å²) in [5, 5.41) is 20.4. The molecule has 2 aromatic rings. The van der Waals surface area contributed by atoms with E-state index < -0.39 is 0 Å². The Morgan fingerprint density at radius 3 is 2.10 bits per heavy atom. The Kier molecular flexibility index (Phi) is 7.61. The Morgan fingerprint density at radius 1 is 0.903 bits per heavy atom. The molecular weight excluding hydrogens is 390 g/mol. The summed E-state index contributed by atoms with van der Waals surface area (Å²) in [5.74, 6) is 1.84. The first kappa shape index (κ1) is 21.9. The average Bonchev–Trinajstić information content (AvgIpc) is 3.19. The first-order chi connectivity index (χ1) is 15.2. The van der Waals surface area contributed by atoms with Crippen molar-refractivity contribution >= 4 is 17.8 Å². The third-order valence-electron chi connectivity index (χ3n) is 6.56. The normalized spacial score (nSPS) is 23.7. The minimum absolute atomic E-state index is 0.112. The second-order valence-electron chi connectivity index (χ2n) is 9.02. The zero-order chi connectivity index (χ0) is 21.5. The molecule has 0 spiro atoms. The fourth-order valence-corrected chi connectivity index (χ4v) is 4.70. The standard InChI is InChI=1S/C23H37N7O/c1-2-19(20-10-7-15-24-20)27-23-29-21(25-16-8-5-3-4-6-9-16)28-22(30-23)26-17-11-13-18(31)14-12-17/h7,10,15-19,24,31H,2-6,8-9,11-14H2,1H3,(H3,25,26,27,28,29,30). The number of rotatable bonds is 8. The summed E-state index contributed by atoms with van der Waals surface area (Å²) in [7, 11) is 0. The number of aromatic amines is 1. The van der Waals surface area contributed by atoms with Crippen LogP contribution in [0.4, 0.5) is 17.8 Å². The molecule has 0 aliphatic heterocycles. The van der Waals surface area contributed by atoms with E-state index in [1.807, 2.05) is 12.3 Å². The summed E-state index contributed by atoms with van der Waals surface area (Å²) in [6, 6.07) is 4.91. The minimum Gasteiger partial charge on any atom is -0.393 e. The lowest BCUT2D eigenvalue weighted by atomic mass is 9.93. The molecule has 4 rings (SSSR count). The number of hydrogen-bond acceptors (Lipinski definition) is 7. The number of aromatic nitrogens is 4. The van der Waals surface area contributed by atoms with E-state index in [9.17, 15) is 5.11 Å². The van der Waals surface area contributed by atoms with Crippen molar-refractivity contribution in [2.24, 2.45) is 0 Å². The van der Waals surface area contributed by atoms with Crippen molar-refractivity contribution in [2.75, 3.05) is 16.0 Å². The predicted octanol–water partition coefficient (Wildman–Crippen LogP) is 4.61. The van der Waals surface area contributed by atoms with Gasteiger partial charge in [0.2, 0.25) is 17.8 Å². The predicted molar refractivity (Wildman–Crippen MR) is 124 cm³/mol. The lowest BCUT2D eigenvalue weighted by molar-refractivity contribution is 0.126. The molecule has 2 fully saturated rings. The highest BCUT2D eigenvalue weighted by Crippen LogP contribution is 2.25. The maximum atomic E-state index is 9.81. The zero-order valence-electron chi connectivity index (χ0n) is 18.6. The van der Waals surface area contributed by atoms with Crippen LogP contribution in [0.2, 0.25) is 0 Å². The van der Waals surface area contributed by atoms with Gasteiger partial charge in [-0.25, -0.2) is 0 Å². The van der Waals surface area contributed by atoms with Crippen LogP contribution in [-0.4, -0.2) is 43.2 Å². The molecule has 0 amide bonds. The second-order valence-corrected chi connectivity index (χ2v) is 9.02. The number of aliphatic hydroxyl groups excluding tert-OH is 1. The minimum atomic E-state index is -0.174. The van der Waals surface area contributed by atoms with Crippen molar-refractivity contribution < 1.29 is 5.11 Å². The van der Waals surface area contributed by atoms with Gasteiger partial charge in [0.05, 0.1) is 12.1 Å². The van der Waals surface area contributed by atoms with Crippen molar-refractivity contribution in [3.8, 4) is 0 Å². The van der Waals surface area contributed by atoms with Gasteiger partial charge in [0.25, 0.3) is 0 Å². The number of hydrogen-bond donors (Lipinski definition) is 5. The number of H-pyrrole nitrogens is 1. The number of anilines is 3. The Bertz CT molecular complexity index is 781. The van der Waals surface area contributed by atoms with E-state index in [1.54, 1.807) is 0 Å². The molecule has 1 atom stereocenters. The van der Waals surface area contributed by atoms with Crippen LogP contribution < -0.4 is 16.0 Å². The topological polar surface area (TPSA) is 111 Å². The van der Waals surface area contributed by atoms with Crippen molar-refractivity contribution in [3.63, 3.8) is 0 Å². The summed E-state index contributed by atoms with van der Waals surface area (Å²) in [4.78, 5) is 17.4. The molecule has 1 unspecified atom stereocenters. The Labute approximate surface area is 185 Å². The van der Waals surface area contributed by atoms with Crippen LogP contribution in [0.25, 0.3) is 0 Å². The summed E-state index contributed by atoms with van der Waals surface area (Å²) in [5.41, 5.74) is 1.12. The molecule has 2 saturated carbocycles. The van der Waals surface area contributed by atoms with E-state index in [0.717, 1.165) is 50.6 Å². The zero-order valence-corrected chi connectivity index (χ0v) is 18.6. The van der Waals surface area contributed by atoms with Crippen molar-refractivity contribution in [1.82, 2.24) is 19.9 Å². The number of aliphatic hydroxyl groups is 1. The van der Waals surface area contributed by atoms with E-state index in [-0.39, 0.29) is 18.2 Å². The maximum absolute atomic E-state index is 9.81. The van der Waals surface area contributed by atoms with Gasteiger partial charge in [0.15, 0.2) is 0 Å². The Hall–Kier alpha value is -2.35. The van der Waals surface area contributed by atoms with Crippen LogP contribution in [0.15, 0.2) is 18.3 Å². The van der Waals surface area contributed by atoms with E-state index in [0.29, 0.717) is 23.9 Å². The summed E-state index contributed by atoms with van der Waals surface area (Å²) in [6.45, 7) is 2.15. The highest BCUT2D eigenvalue weighted by molar-refractivity contribution is 5.44. The van der Waals surface area contributed by atoms with E-state index >= 15 is 0 Å². The maximum Gasteiger partial charge on any atom is 0.229 e. The van der Waals surface area contributed by atoms with Gasteiger partial charge in [-0.2, -0.15) is 15.0 Å². The van der Waals surface area contributed by atoms with Gasteiger partial charge in [-0.3, -0.25) is 0 Å². The Morgan fingerprint density at radius 2 is 1.52 bits per heavy atom. The number of nitrogens with one attached hydrogen (secondary N) is 4. The highest BCUT2D eigenvalue weighted by Gasteiger charge is 2.22. The molecule has 2 aliphatic rings. The van der Waals surface area contributed by atoms with Crippen LogP contribution >= 0.6 is 0 Å². The van der Waals surface area contributed by atoms with Gasteiger partial charge < -0.3 is 26.0 Å². The van der Waals surface area contributed by atoms with Gasteiger partial charge in [-0.15, -0.1) is 0 Å². The first-order valence-corrected chi connectivity index (χ1v) is 12.1. The monoisotopic (exact) mass is 427 g/mol. The van der Waals surface area contributed by atoms with Crippen LogP contribution in [0.3, 0.4) is 0 Å². The van der Waals surface area contributed by atoms with Crippen LogP contribution in [-0.2, 0) is 0 Å². The fraction of sp³-hybridized carbons (Fsp3) is 0.696. The lowest BCUT2D eigenvalue weighted by Gasteiger charge is -2.26. The highest BCUT2D eigenvalue weighted by atomic mass is 16.3. The molecule has 8 nitrogen and oxygen atoms in total. The van der Waals surface area contributed by atoms with Crippen molar-refractivity contribution in [2.45, 2.75) is 102 Å². The number of nitrogens with zero attached hydrogens (tertiary/aromatic N) is 3. The summed E-state index contributed by atoms with van der Waals surface area (Å²) >= 11 is 0. The van der Waals surface area contributed by atoms with E-state index in [2.05, 4.69) is 33.9 Å². The quantitative estimate of drug-likeness (QED) is 0.391. The smallest absolute Gasteiger partial charge is 0.229 e. The second kappa shape index (κ2) is 10.8. The first-order valence-electron chi connectivity index (χ1n) is 12.1. The molecule has 0 saturated heterocycles. The summed E-state index contributed by atoms with van der Waals surface area (Å²) in [6.07, 6.45) is 13.7. The third-order valence-corrected chi connectivity index (χ3v) is 6.56. The van der Waals surface area contributed by atoms with Crippen molar-refractivity contribution in [3.05, 3.63) is 24.0 Å². The van der Waals surface area contributed by atoms with E-state index in [1.165, 1.54) is 25.7 Å². The molecule has 170 valence electrons. The molecular formula is C23H37N7O. The Balaban J connectivity index is 1.52. The third kappa shape index (κ3) is 6.32. The van der Waals surface area contributed by atoms with Gasteiger partial charge in [0, 0.05) is 24.0 Å². The molecule has 0 bridgehead atoms. The molecule has 0 radical (unpaired) electrons. The largest absolute Gasteiger partial charge is 0.393 e. The molecule has 0 aromatic carbocycles. The average molecular weight is 428 g/mol. The van der Waals surface area contributed by atoms with Crippen LogP contribution in [0.1, 0.15) is 89.3 Å². The van der Waals surface area contributed by atoms with Gasteiger partial charge in [-0.05, 0) is 57.1 Å². The van der Waals surface area contributed by atoms with Gasteiger partial charge in [0.1, 0.15) is 0 Å². The van der Waals surface area contributed by atoms with Gasteiger partial charge >= 0.3 is 0 Å². The SMILES string of the molecule is CCC(Nc1nc(NC2CCCCCC2)nc(NC2CCC(O)CC2)n1)c1ccc[nH]1. The van der Waals surface area contributed by atoms with Crippen molar-refractivity contribution in [1.29, 1.82) is 0 Å². The van der Waals surface area contributed by atoms with Gasteiger partial charge in [-0.1, -0.05) is 32.6 Å². The summed E-state index contributed by atoms with van der Waals surface area (Å²) < 4.78 is 0. The molecule has 2 heterocycles.